The van der Waals surface area contributed by atoms with Crippen molar-refractivity contribution in [3.63, 3.8) is 0 Å². The van der Waals surface area contributed by atoms with Gasteiger partial charge in [-0.2, -0.15) is 0 Å². The zero-order valence-electron chi connectivity index (χ0n) is 9.38. The number of H-pyrrole nitrogens is 2. The summed E-state index contributed by atoms with van der Waals surface area (Å²) in [5.74, 6) is 0. The second-order valence-electron chi connectivity index (χ2n) is 3.83. The highest BCUT2D eigenvalue weighted by Crippen LogP contribution is 2.34. The van der Waals surface area contributed by atoms with E-state index < -0.39 is 7.60 Å². The Bertz CT molecular complexity index is 643. The summed E-state index contributed by atoms with van der Waals surface area (Å²) in [5.41, 5.74) is 1.26. The molecule has 0 amide bonds. The number of aromatic amines is 2. The molecular formula is C9H13N4O4P. The molecule has 2 aromatic rings. The molecule has 98 valence electrons. The Kier molecular flexibility index (Phi) is 3.51. The summed E-state index contributed by atoms with van der Waals surface area (Å²) in [6.45, 7) is 0.395. The molecule has 0 aromatic carbocycles. The van der Waals surface area contributed by atoms with Gasteiger partial charge >= 0.3 is 7.60 Å². The van der Waals surface area contributed by atoms with E-state index in [2.05, 4.69) is 20.3 Å². The van der Waals surface area contributed by atoms with Crippen LogP contribution in [0.25, 0.3) is 11.0 Å². The molecule has 2 aromatic heterocycles. The van der Waals surface area contributed by atoms with E-state index in [0.717, 1.165) is 0 Å². The SMILES string of the molecule is O=c1[nH]cnc2c(NCCCP(=O)(O)O)c[nH]c12. The Morgan fingerprint density at radius 2 is 2.17 bits per heavy atom. The Hall–Kier alpha value is -1.63. The van der Waals surface area contributed by atoms with Gasteiger partial charge in [0.25, 0.3) is 5.56 Å². The molecule has 0 radical (unpaired) electrons. The van der Waals surface area contributed by atoms with Gasteiger partial charge in [0, 0.05) is 12.7 Å². The minimum absolute atomic E-state index is 0.170. The van der Waals surface area contributed by atoms with Gasteiger partial charge in [0.2, 0.25) is 0 Å². The van der Waals surface area contributed by atoms with E-state index in [9.17, 15) is 9.36 Å². The lowest BCUT2D eigenvalue weighted by atomic mass is 10.4. The minimum atomic E-state index is -3.95. The second-order valence-corrected chi connectivity index (χ2v) is 5.60. The molecule has 2 heterocycles. The quantitative estimate of drug-likeness (QED) is 0.391. The van der Waals surface area contributed by atoms with E-state index in [1.807, 2.05) is 0 Å². The van der Waals surface area contributed by atoms with Crippen LogP contribution in [0.2, 0.25) is 0 Å². The van der Waals surface area contributed by atoms with Gasteiger partial charge in [0.05, 0.1) is 18.2 Å². The molecule has 5 N–H and O–H groups in total. The van der Waals surface area contributed by atoms with Crippen LogP contribution in [0.3, 0.4) is 0 Å². The van der Waals surface area contributed by atoms with Crippen molar-refractivity contribution in [2.75, 3.05) is 18.0 Å². The molecule has 0 unspecified atom stereocenters. The molecule has 0 saturated carbocycles. The van der Waals surface area contributed by atoms with Crippen molar-refractivity contribution in [1.29, 1.82) is 0 Å². The normalized spacial score (nSPS) is 11.9. The molecule has 0 aliphatic heterocycles. The van der Waals surface area contributed by atoms with Gasteiger partial charge in [-0.3, -0.25) is 9.36 Å². The fraction of sp³-hybridized carbons (Fsp3) is 0.333. The van der Waals surface area contributed by atoms with E-state index in [0.29, 0.717) is 29.7 Å². The summed E-state index contributed by atoms with van der Waals surface area (Å²) in [6.07, 6.45) is 3.07. The van der Waals surface area contributed by atoms with Crippen LogP contribution < -0.4 is 10.9 Å². The first-order valence-electron chi connectivity index (χ1n) is 5.30. The maximum absolute atomic E-state index is 11.4. The average molecular weight is 272 g/mol. The first kappa shape index (κ1) is 12.8. The number of fused-ring (bicyclic) bond motifs is 1. The maximum atomic E-state index is 11.4. The van der Waals surface area contributed by atoms with Crippen molar-refractivity contribution < 1.29 is 14.4 Å². The van der Waals surface area contributed by atoms with Crippen LogP contribution in [-0.4, -0.2) is 37.4 Å². The molecule has 0 aliphatic rings. The summed E-state index contributed by atoms with van der Waals surface area (Å²) in [7, 11) is -3.95. The van der Waals surface area contributed by atoms with Gasteiger partial charge in [0.1, 0.15) is 11.0 Å². The van der Waals surface area contributed by atoms with E-state index >= 15 is 0 Å². The van der Waals surface area contributed by atoms with Crippen LogP contribution in [-0.2, 0) is 4.57 Å². The summed E-state index contributed by atoms with van der Waals surface area (Å²) < 4.78 is 10.7. The molecule has 18 heavy (non-hydrogen) atoms. The van der Waals surface area contributed by atoms with Gasteiger partial charge in [-0.25, -0.2) is 4.98 Å². The molecular weight excluding hydrogens is 259 g/mol. The number of aromatic nitrogens is 3. The molecule has 9 heteroatoms. The molecule has 0 spiro atoms. The van der Waals surface area contributed by atoms with Crippen molar-refractivity contribution in [1.82, 2.24) is 15.0 Å². The van der Waals surface area contributed by atoms with Crippen LogP contribution in [0.15, 0.2) is 17.3 Å². The van der Waals surface area contributed by atoms with E-state index in [-0.39, 0.29) is 11.7 Å². The zero-order valence-corrected chi connectivity index (χ0v) is 10.3. The lowest BCUT2D eigenvalue weighted by Gasteiger charge is -2.05. The number of anilines is 1. The van der Waals surface area contributed by atoms with Crippen molar-refractivity contribution in [2.24, 2.45) is 0 Å². The topological polar surface area (TPSA) is 131 Å². The minimum Gasteiger partial charge on any atom is -0.382 e. The first-order chi connectivity index (χ1) is 8.47. The van der Waals surface area contributed by atoms with Gasteiger partial charge in [-0.15, -0.1) is 0 Å². The van der Waals surface area contributed by atoms with Gasteiger partial charge < -0.3 is 25.1 Å². The van der Waals surface area contributed by atoms with Crippen molar-refractivity contribution >= 4 is 24.3 Å². The number of hydrogen-bond acceptors (Lipinski definition) is 4. The summed E-state index contributed by atoms with van der Waals surface area (Å²) in [4.78, 5) is 38.1. The summed E-state index contributed by atoms with van der Waals surface area (Å²) in [6, 6.07) is 0. The third-order valence-electron chi connectivity index (χ3n) is 2.41. The van der Waals surface area contributed by atoms with Gasteiger partial charge in [-0.1, -0.05) is 0 Å². The molecule has 2 rings (SSSR count). The number of rotatable bonds is 5. The standard InChI is InChI=1S/C9H13N4O4P/c14-9-8-7(12-5-13-9)6(4-11-8)10-2-1-3-18(15,16)17/h4-5,10-11H,1-3H2,(H,12,13,14)(H2,15,16,17). The fourth-order valence-electron chi connectivity index (χ4n) is 1.59. The summed E-state index contributed by atoms with van der Waals surface area (Å²) in [5, 5.41) is 2.98. The smallest absolute Gasteiger partial charge is 0.325 e. The Morgan fingerprint density at radius 3 is 2.89 bits per heavy atom. The number of hydrogen-bond donors (Lipinski definition) is 5. The maximum Gasteiger partial charge on any atom is 0.325 e. The van der Waals surface area contributed by atoms with Gasteiger partial charge in [-0.05, 0) is 6.42 Å². The van der Waals surface area contributed by atoms with Crippen LogP contribution in [0, 0.1) is 0 Å². The van der Waals surface area contributed by atoms with E-state index in [4.69, 9.17) is 9.79 Å². The third kappa shape index (κ3) is 2.98. The molecule has 0 bridgehead atoms. The Labute approximate surface area is 102 Å². The fourth-order valence-corrected chi connectivity index (χ4v) is 2.16. The molecule has 0 aliphatic carbocycles. The van der Waals surface area contributed by atoms with Gasteiger partial charge in [0.15, 0.2) is 0 Å². The Morgan fingerprint density at radius 1 is 1.39 bits per heavy atom. The van der Waals surface area contributed by atoms with Crippen molar-refractivity contribution in [2.45, 2.75) is 6.42 Å². The highest BCUT2D eigenvalue weighted by atomic mass is 31.2. The summed E-state index contributed by atoms with van der Waals surface area (Å²) >= 11 is 0. The number of nitrogens with one attached hydrogen (secondary N) is 3. The predicted molar refractivity (Wildman–Crippen MR) is 66.7 cm³/mol. The largest absolute Gasteiger partial charge is 0.382 e. The number of nitrogens with zero attached hydrogens (tertiary/aromatic N) is 1. The predicted octanol–water partition coefficient (Wildman–Crippen LogP) is 0.231. The van der Waals surface area contributed by atoms with Crippen molar-refractivity contribution in [3.8, 4) is 0 Å². The second kappa shape index (κ2) is 4.93. The molecule has 0 atom stereocenters. The van der Waals surface area contributed by atoms with Crippen LogP contribution in [0.4, 0.5) is 5.69 Å². The van der Waals surface area contributed by atoms with Crippen molar-refractivity contribution in [3.05, 3.63) is 22.9 Å². The molecule has 0 fully saturated rings. The highest BCUT2D eigenvalue weighted by molar-refractivity contribution is 7.51. The van der Waals surface area contributed by atoms with Crippen LogP contribution >= 0.6 is 7.60 Å². The monoisotopic (exact) mass is 272 g/mol. The average Bonchev–Trinajstić information content (AvgIpc) is 2.68. The third-order valence-corrected chi connectivity index (χ3v) is 3.31. The lowest BCUT2D eigenvalue weighted by molar-refractivity contribution is 0.372. The zero-order chi connectivity index (χ0) is 13.2. The molecule has 8 nitrogen and oxygen atoms in total. The van der Waals surface area contributed by atoms with Crippen LogP contribution in [0.1, 0.15) is 6.42 Å². The molecule has 0 saturated heterocycles. The lowest BCUT2D eigenvalue weighted by Crippen LogP contribution is -2.07. The van der Waals surface area contributed by atoms with E-state index in [1.54, 1.807) is 6.20 Å². The van der Waals surface area contributed by atoms with E-state index in [1.165, 1.54) is 6.33 Å². The highest BCUT2D eigenvalue weighted by Gasteiger charge is 2.12. The Balaban J connectivity index is 2.03. The first-order valence-corrected chi connectivity index (χ1v) is 7.10. The van der Waals surface area contributed by atoms with Crippen LogP contribution in [0.5, 0.6) is 0 Å².